The largest absolute Gasteiger partial charge is 0.323 e. The first-order valence-electron chi connectivity index (χ1n) is 5.46. The smallest absolute Gasteiger partial charge is 0.283 e. The van der Waals surface area contributed by atoms with Crippen LogP contribution in [0.15, 0.2) is 27.5 Å². The maximum Gasteiger partial charge on any atom is 0.283 e. The molecule has 6 nitrogen and oxygen atoms in total. The molecule has 0 unspecified atom stereocenters. The first-order chi connectivity index (χ1) is 8.77. The quantitative estimate of drug-likeness (QED) is 0.398. The molecule has 2 N–H and O–H groups in total. The third-order valence-electron chi connectivity index (χ3n) is 2.59. The summed E-state index contributed by atoms with van der Waals surface area (Å²) in [6, 6.07) is 4.67. The Balaban J connectivity index is 2.63. The van der Waals surface area contributed by atoms with Crippen LogP contribution in [0.5, 0.6) is 5.75 Å². The zero-order chi connectivity index (χ0) is 14.3. The summed E-state index contributed by atoms with van der Waals surface area (Å²) in [5, 5.41) is 5.12. The maximum atomic E-state index is 12.0. The lowest BCUT2D eigenvalue weighted by molar-refractivity contribution is -0.0781. The molecule has 104 valence electrons. The van der Waals surface area contributed by atoms with E-state index in [-0.39, 0.29) is 10.6 Å². The lowest BCUT2D eigenvalue weighted by atomic mass is 9.85. The van der Waals surface area contributed by atoms with Gasteiger partial charge in [-0.3, -0.25) is 5.14 Å². The molecule has 0 radical (unpaired) electrons. The van der Waals surface area contributed by atoms with Crippen molar-refractivity contribution in [3.05, 3.63) is 23.8 Å². The Morgan fingerprint density at radius 3 is 2.58 bits per heavy atom. The Hall–Kier alpha value is -1.09. The van der Waals surface area contributed by atoms with Crippen molar-refractivity contribution in [1.29, 1.82) is 0 Å². The summed E-state index contributed by atoms with van der Waals surface area (Å²) >= 11 is 0.539. The van der Waals surface area contributed by atoms with Gasteiger partial charge in [-0.1, -0.05) is 31.2 Å². The van der Waals surface area contributed by atoms with Crippen molar-refractivity contribution < 1.29 is 17.6 Å². The lowest BCUT2D eigenvalue weighted by Gasteiger charge is -2.19. The molecule has 8 heteroatoms. The van der Waals surface area contributed by atoms with Crippen LogP contribution in [0.1, 0.15) is 26.3 Å². The van der Waals surface area contributed by atoms with Gasteiger partial charge in [0.1, 0.15) is 17.1 Å². The second kappa shape index (κ2) is 4.78. The van der Waals surface area contributed by atoms with E-state index in [0.717, 1.165) is 0 Å². The van der Waals surface area contributed by atoms with E-state index in [9.17, 15) is 8.42 Å². The number of nitrogens with two attached hydrogens (primary N) is 1. The standard InChI is InChI=1S/C11H14N2O4S2/c1-11(2,3)10-9-7(16-17-18-12)5-4-6-8(9)19(14,15)13-10/h4-6H,12H2,1-3H3. The molecule has 1 aromatic rings. The van der Waals surface area contributed by atoms with Gasteiger partial charge < -0.3 is 4.89 Å². The van der Waals surface area contributed by atoms with Gasteiger partial charge in [0.2, 0.25) is 0 Å². The van der Waals surface area contributed by atoms with Gasteiger partial charge in [0.05, 0.1) is 11.3 Å². The minimum Gasteiger partial charge on any atom is -0.323 e. The molecule has 0 bridgehead atoms. The Morgan fingerprint density at radius 1 is 1.32 bits per heavy atom. The second-order valence-electron chi connectivity index (χ2n) is 5.04. The molecule has 1 aliphatic heterocycles. The fraction of sp³-hybridized carbons (Fsp3) is 0.364. The van der Waals surface area contributed by atoms with Crippen LogP contribution in [0.2, 0.25) is 0 Å². The van der Waals surface area contributed by atoms with Gasteiger partial charge in [-0.2, -0.15) is 12.8 Å². The predicted octanol–water partition coefficient (Wildman–Crippen LogP) is 2.06. The summed E-state index contributed by atoms with van der Waals surface area (Å²) in [5.41, 5.74) is 0.445. The molecule has 0 spiro atoms. The van der Waals surface area contributed by atoms with Gasteiger partial charge in [0.25, 0.3) is 10.0 Å². The summed E-state index contributed by atoms with van der Waals surface area (Å²) < 4.78 is 32.5. The maximum absolute atomic E-state index is 12.0. The minimum absolute atomic E-state index is 0.126. The molecule has 0 aliphatic carbocycles. The van der Waals surface area contributed by atoms with Crippen molar-refractivity contribution in [2.45, 2.75) is 25.7 Å². The van der Waals surface area contributed by atoms with Crippen LogP contribution in [0.25, 0.3) is 0 Å². The van der Waals surface area contributed by atoms with E-state index in [2.05, 4.69) is 8.73 Å². The van der Waals surface area contributed by atoms with Gasteiger partial charge in [-0.05, 0) is 12.1 Å². The third kappa shape index (κ3) is 2.62. The summed E-state index contributed by atoms with van der Waals surface area (Å²) in [6.07, 6.45) is 0. The second-order valence-corrected chi connectivity index (χ2v) is 6.94. The molecule has 0 atom stereocenters. The zero-order valence-electron chi connectivity index (χ0n) is 10.7. The van der Waals surface area contributed by atoms with Gasteiger partial charge in [0, 0.05) is 5.41 Å². The Kier molecular flexibility index (Phi) is 3.61. The Bertz CT molecular complexity index is 633. The fourth-order valence-corrected chi connectivity index (χ4v) is 3.33. The van der Waals surface area contributed by atoms with Crippen LogP contribution in [0, 0.1) is 5.41 Å². The molecular weight excluding hydrogens is 288 g/mol. The van der Waals surface area contributed by atoms with Crippen LogP contribution < -0.4 is 10.0 Å². The Morgan fingerprint density at radius 2 is 2.00 bits per heavy atom. The van der Waals surface area contributed by atoms with Gasteiger partial charge in [0.15, 0.2) is 5.75 Å². The summed E-state index contributed by atoms with van der Waals surface area (Å²) in [6.45, 7) is 5.64. The van der Waals surface area contributed by atoms with Crippen molar-refractivity contribution >= 4 is 28.0 Å². The zero-order valence-corrected chi connectivity index (χ0v) is 12.3. The molecule has 2 rings (SSSR count). The van der Waals surface area contributed by atoms with Crippen LogP contribution >= 0.6 is 12.2 Å². The number of hydrogen-bond acceptors (Lipinski definition) is 6. The highest BCUT2D eigenvalue weighted by Crippen LogP contribution is 2.39. The van der Waals surface area contributed by atoms with E-state index in [4.69, 9.17) is 10.0 Å². The van der Waals surface area contributed by atoms with E-state index < -0.39 is 15.4 Å². The van der Waals surface area contributed by atoms with Gasteiger partial charge >= 0.3 is 0 Å². The van der Waals surface area contributed by atoms with Crippen LogP contribution in [0.3, 0.4) is 0 Å². The SMILES string of the molecule is CC(C)(C)C1=NS(=O)(=O)c2cccc(OOSN)c21. The summed E-state index contributed by atoms with van der Waals surface area (Å²) in [5.74, 6) is 0.283. The van der Waals surface area contributed by atoms with E-state index in [1.807, 2.05) is 20.8 Å². The minimum atomic E-state index is -3.67. The molecule has 1 heterocycles. The Labute approximate surface area is 116 Å². The molecule has 0 fully saturated rings. The lowest BCUT2D eigenvalue weighted by Crippen LogP contribution is -2.20. The summed E-state index contributed by atoms with van der Waals surface area (Å²) in [7, 11) is -3.67. The van der Waals surface area contributed by atoms with Crippen LogP contribution in [-0.2, 0) is 14.4 Å². The molecule has 19 heavy (non-hydrogen) atoms. The third-order valence-corrected chi connectivity index (χ3v) is 4.05. The number of hydrogen-bond donors (Lipinski definition) is 1. The predicted molar refractivity (Wildman–Crippen MR) is 73.1 cm³/mol. The molecule has 1 aromatic carbocycles. The van der Waals surface area contributed by atoms with E-state index in [0.29, 0.717) is 23.5 Å². The molecule has 1 aliphatic rings. The van der Waals surface area contributed by atoms with Crippen molar-refractivity contribution in [3.8, 4) is 5.75 Å². The molecule has 0 saturated heterocycles. The number of sulfonamides is 1. The number of fused-ring (bicyclic) bond motifs is 1. The molecule has 0 aromatic heterocycles. The average molecular weight is 302 g/mol. The number of rotatable bonds is 3. The molecule has 0 saturated carbocycles. The van der Waals surface area contributed by atoms with Gasteiger partial charge in [-0.15, -0.1) is 0 Å². The molecular formula is C11H14N2O4S2. The normalized spacial score (nSPS) is 16.9. The van der Waals surface area contributed by atoms with Crippen molar-refractivity contribution in [2.75, 3.05) is 0 Å². The van der Waals surface area contributed by atoms with Crippen LogP contribution in [0.4, 0.5) is 0 Å². The van der Waals surface area contributed by atoms with Crippen molar-refractivity contribution in [3.63, 3.8) is 0 Å². The molecule has 0 amide bonds. The fourth-order valence-electron chi connectivity index (χ4n) is 1.81. The first kappa shape index (κ1) is 14.3. The summed E-state index contributed by atoms with van der Waals surface area (Å²) in [4.78, 5) is 5.13. The van der Waals surface area contributed by atoms with Crippen molar-refractivity contribution in [2.24, 2.45) is 15.0 Å². The average Bonchev–Trinajstić information content (AvgIpc) is 2.59. The van der Waals surface area contributed by atoms with E-state index in [1.54, 1.807) is 12.1 Å². The first-order valence-corrected chi connectivity index (χ1v) is 7.71. The highest BCUT2D eigenvalue weighted by atomic mass is 32.2. The topological polar surface area (TPSA) is 91.0 Å². The van der Waals surface area contributed by atoms with Gasteiger partial charge in [-0.25, -0.2) is 0 Å². The highest BCUT2D eigenvalue weighted by molar-refractivity contribution is 7.92. The van der Waals surface area contributed by atoms with E-state index in [1.165, 1.54) is 6.07 Å². The van der Waals surface area contributed by atoms with Crippen molar-refractivity contribution in [1.82, 2.24) is 0 Å². The van der Waals surface area contributed by atoms with E-state index >= 15 is 0 Å². The van der Waals surface area contributed by atoms with Crippen LogP contribution in [-0.4, -0.2) is 14.1 Å². The number of nitrogens with zero attached hydrogens (tertiary/aromatic N) is 1. The monoisotopic (exact) mass is 302 g/mol. The number of benzene rings is 1. The highest BCUT2D eigenvalue weighted by Gasteiger charge is 2.37.